The van der Waals surface area contributed by atoms with Crippen molar-refractivity contribution < 1.29 is 36.9 Å². The smallest absolute Gasteiger partial charge is 0.352 e. The Morgan fingerprint density at radius 3 is 2.05 bits per heavy atom. The maximum atomic E-state index is 13.3. The van der Waals surface area contributed by atoms with Gasteiger partial charge in [0.2, 0.25) is 5.91 Å². The first-order valence-corrected chi connectivity index (χ1v) is 19.4. The van der Waals surface area contributed by atoms with Crippen molar-refractivity contribution in [2.24, 2.45) is 21.6 Å². The lowest BCUT2D eigenvalue weighted by Gasteiger charge is -2.20. The van der Waals surface area contributed by atoms with Crippen molar-refractivity contribution >= 4 is 46.0 Å². The second-order valence-corrected chi connectivity index (χ2v) is 13.2. The van der Waals surface area contributed by atoms with E-state index < -0.39 is 0 Å². The van der Waals surface area contributed by atoms with E-state index >= 15 is 0 Å². The van der Waals surface area contributed by atoms with E-state index in [9.17, 15) is 9.59 Å². The SMILES string of the molecule is C#CC#CC#CC#CC#CC#CC#CC#CC#CC#CC#CC.COc1ccc(Cn2c(=O)n3ncnc3c3c4c(sc32)CN(C(=O)C2CC2)CCC4)cc1.N=N/N=N/N(OO)OS.[HH].[HH].[HH].[HH].[HH].[HH].[HH].[HH].[HH]. The zero-order valence-corrected chi connectivity index (χ0v) is 35.6. The van der Waals surface area contributed by atoms with E-state index in [1.54, 1.807) is 29.9 Å². The molecule has 64 heavy (non-hydrogen) atoms. The van der Waals surface area contributed by atoms with Gasteiger partial charge in [-0.1, -0.05) is 23.0 Å². The lowest BCUT2D eigenvalue weighted by atomic mass is 10.1. The second kappa shape index (κ2) is 27.1. The van der Waals surface area contributed by atoms with Crippen LogP contribution < -0.4 is 10.4 Å². The van der Waals surface area contributed by atoms with Crippen molar-refractivity contribution in [3.8, 4) is 137 Å². The number of benzene rings is 1. The van der Waals surface area contributed by atoms with Gasteiger partial charge in [-0.3, -0.25) is 9.36 Å². The number of ether oxygens (including phenoxy) is 1. The fourth-order valence-corrected chi connectivity index (χ4v) is 6.74. The molecule has 2 N–H and O–H groups in total. The van der Waals surface area contributed by atoms with Crippen LogP contribution in [0.1, 0.15) is 55.0 Å². The van der Waals surface area contributed by atoms with Gasteiger partial charge >= 0.3 is 5.69 Å². The van der Waals surface area contributed by atoms with Crippen molar-refractivity contribution in [2.75, 3.05) is 13.7 Å². The Kier molecular flexibility index (Phi) is 20.3. The molecule has 1 amide bonds. The largest absolute Gasteiger partial charge is 0.497 e. The third-order valence-electron chi connectivity index (χ3n) is 8.05. The second-order valence-electron chi connectivity index (χ2n) is 12.0. The number of carbonyl (C=O) groups is 1. The summed E-state index contributed by atoms with van der Waals surface area (Å²) >= 11 is 4.77. The minimum atomic E-state index is -0.205. The first-order chi connectivity index (χ1) is 31.4. The molecule has 0 saturated heterocycles. The number of hydrogen-bond acceptors (Lipinski definition) is 12. The predicted octanol–water partition coefficient (Wildman–Crippen LogP) is 6.52. The first kappa shape index (κ1) is 47.9. The molecule has 2 aliphatic rings. The van der Waals surface area contributed by atoms with Gasteiger partial charge in [0.1, 0.15) is 16.9 Å². The Hall–Kier alpha value is -8.81. The number of nitrogens with one attached hydrogen (secondary N) is 1. The highest BCUT2D eigenvalue weighted by molar-refractivity contribution is 7.75. The highest BCUT2D eigenvalue weighted by Gasteiger charge is 2.35. The van der Waals surface area contributed by atoms with Gasteiger partial charge in [0, 0.05) is 77.3 Å². The topological polar surface area (TPSA) is 185 Å². The van der Waals surface area contributed by atoms with Gasteiger partial charge in [0.05, 0.1) is 25.6 Å². The number of rotatable bonds is 8. The Morgan fingerprint density at radius 2 is 1.55 bits per heavy atom. The van der Waals surface area contributed by atoms with Crippen molar-refractivity contribution in [2.45, 2.75) is 45.7 Å². The van der Waals surface area contributed by atoms with Crippen molar-refractivity contribution in [1.29, 1.82) is 5.53 Å². The van der Waals surface area contributed by atoms with Crippen LogP contribution in [0.4, 0.5) is 0 Å². The molecule has 1 fully saturated rings. The Morgan fingerprint density at radius 1 is 0.969 bits per heavy atom. The van der Waals surface area contributed by atoms with Crippen LogP contribution in [0.2, 0.25) is 0 Å². The third-order valence-corrected chi connectivity index (χ3v) is 9.43. The summed E-state index contributed by atoms with van der Waals surface area (Å²) in [5, 5.41) is 21.0. The number of fused-ring (bicyclic) bond motifs is 5. The van der Waals surface area contributed by atoms with Crippen molar-refractivity contribution in [3.05, 3.63) is 57.1 Å². The van der Waals surface area contributed by atoms with Gasteiger partial charge in [-0.25, -0.2) is 15.0 Å². The number of aryl methyl sites for hydroxylation is 1. The summed E-state index contributed by atoms with van der Waals surface area (Å²) in [5.74, 6) is 53.2. The van der Waals surface area contributed by atoms with Crippen LogP contribution in [0.15, 0.2) is 51.1 Å². The molecule has 6 rings (SSSR count). The number of thiophene rings is 1. The van der Waals surface area contributed by atoms with Crippen molar-refractivity contribution in [3.63, 3.8) is 0 Å². The summed E-state index contributed by atoms with van der Waals surface area (Å²) in [6, 6.07) is 7.74. The summed E-state index contributed by atoms with van der Waals surface area (Å²) in [5.41, 5.74) is 8.68. The maximum absolute atomic E-state index is 13.3. The molecule has 18 heteroatoms. The summed E-state index contributed by atoms with van der Waals surface area (Å²) in [4.78, 5) is 37.9. The molecule has 330 valence electrons. The molecule has 0 unspecified atom stereocenters. The zero-order valence-electron chi connectivity index (χ0n) is 33.9. The van der Waals surface area contributed by atoms with Gasteiger partial charge in [-0.2, -0.15) is 19.4 Å². The normalized spacial score (nSPS) is 11.0. The van der Waals surface area contributed by atoms with Crippen molar-refractivity contribution in [1.82, 2.24) is 29.4 Å². The standard InChI is InChI=1S/C23H23N5O3S.C23H4.H3N5O3S.9H2/c1-31-16-8-4-14(5-9-16)11-27-22-19(20-24-13-25-28(20)23(27)30)17-3-2-10-26(12-18(17)32-22)21(29)15-6-7-15;1-3-5-7-9-11-13-15-17-19-21-23-22-20-18-16-14-12-10-8-6-4-2;1-2-3-4-5(7-6)8-9;;;;;;;;;/h4-5,8-9,13,15H,2-3,6-7,10-12H2,1H3;1H,2H3;1,6,9H;9*1H/b;;2-1?,4-3+;;;;;;;;;. The lowest BCUT2D eigenvalue weighted by Crippen LogP contribution is -2.31. The number of nitrogens with zero attached hydrogens (tertiary/aromatic N) is 9. The van der Waals surface area contributed by atoms with Crippen LogP contribution in [0.5, 0.6) is 5.75 Å². The molecule has 1 aliphatic heterocycles. The number of methoxy groups -OCH3 is 1. The van der Waals surface area contributed by atoms with Crippen LogP contribution in [0, 0.1) is 142 Å². The molecule has 1 aliphatic carbocycles. The van der Waals surface area contributed by atoms with Gasteiger partial charge in [-0.05, 0) is 161 Å². The quantitative estimate of drug-likeness (QED) is 0.0443. The average molecular weight is 901 g/mol. The number of hydrogen-bond donors (Lipinski definition) is 3. The van der Waals surface area contributed by atoms with E-state index in [-0.39, 0.29) is 35.7 Å². The third kappa shape index (κ3) is 15.0. The molecule has 1 aromatic carbocycles. The van der Waals surface area contributed by atoms with Gasteiger partial charge < -0.3 is 9.64 Å². The van der Waals surface area contributed by atoms with E-state index in [1.807, 2.05) is 29.2 Å². The minimum Gasteiger partial charge on any atom is -0.497 e. The summed E-state index contributed by atoms with van der Waals surface area (Å²) < 4.78 is 12.3. The van der Waals surface area contributed by atoms with Gasteiger partial charge in [0.15, 0.2) is 5.65 Å². The molecule has 4 heterocycles. The molecule has 0 atom stereocenters. The Labute approximate surface area is 391 Å². The Bertz CT molecular complexity index is 3220. The van der Waals surface area contributed by atoms with Crippen LogP contribution in [-0.2, 0) is 33.6 Å². The number of thiol groups is 1. The van der Waals surface area contributed by atoms with Crippen LogP contribution in [-0.4, -0.2) is 54.2 Å². The minimum absolute atomic E-state index is 0. The molecule has 3 aromatic heterocycles. The van der Waals surface area contributed by atoms with Crippen LogP contribution in [0.25, 0.3) is 15.9 Å². The molecule has 4 aromatic rings. The molecule has 0 bridgehead atoms. The number of carbonyl (C=O) groups excluding carboxylic acids is 1. The molecular weight excluding hydrogens is 853 g/mol. The molecule has 16 nitrogen and oxygen atoms in total. The molecular formula is C46H48N10O6S2. The summed E-state index contributed by atoms with van der Waals surface area (Å²) in [7, 11) is 1.64. The maximum Gasteiger partial charge on any atom is 0.352 e. The number of aromatic nitrogens is 4. The number of amides is 1. The van der Waals surface area contributed by atoms with E-state index in [2.05, 4.69) is 172 Å². The average Bonchev–Trinajstić information content (AvgIpc) is 4.01. The fraction of sp³-hybridized carbons (Fsp3) is 0.217. The van der Waals surface area contributed by atoms with Gasteiger partial charge in [-0.15, -0.1) is 17.8 Å². The van der Waals surface area contributed by atoms with E-state index in [0.29, 0.717) is 18.7 Å². The molecule has 1 saturated carbocycles. The number of terminal acetylenes is 1. The summed E-state index contributed by atoms with van der Waals surface area (Å²) in [6.07, 6.45) is 10.1. The predicted molar refractivity (Wildman–Crippen MR) is 258 cm³/mol. The highest BCUT2D eigenvalue weighted by Crippen LogP contribution is 2.38. The van der Waals surface area contributed by atoms with E-state index in [1.165, 1.54) is 16.4 Å². The Balaban J connectivity index is -0.000000246. The molecule has 0 spiro atoms. The highest BCUT2D eigenvalue weighted by atomic mass is 32.1. The monoisotopic (exact) mass is 900 g/mol. The van der Waals surface area contributed by atoms with E-state index in [0.717, 1.165) is 58.6 Å². The zero-order chi connectivity index (χ0) is 45.8. The van der Waals surface area contributed by atoms with E-state index in [4.69, 9.17) is 21.9 Å². The lowest BCUT2D eigenvalue weighted by molar-refractivity contribution is -0.478. The molecule has 0 radical (unpaired) electrons. The van der Waals surface area contributed by atoms with Crippen LogP contribution >= 0.6 is 24.2 Å². The van der Waals surface area contributed by atoms with Gasteiger partial charge in [0.25, 0.3) is 0 Å². The summed E-state index contributed by atoms with van der Waals surface area (Å²) in [6.45, 7) is 3.52. The first-order valence-electron chi connectivity index (χ1n) is 18.3. The van der Waals surface area contributed by atoms with Crippen LogP contribution in [0.3, 0.4) is 0 Å². The fourth-order valence-electron chi connectivity index (χ4n) is 5.32.